The highest BCUT2D eigenvalue weighted by Gasteiger charge is 2.24. The molecule has 1 aromatic rings. The second-order valence-corrected chi connectivity index (χ2v) is 5.49. The number of hydrogen-bond acceptors (Lipinski definition) is 3. The van der Waals surface area contributed by atoms with Crippen LogP contribution in [-0.2, 0) is 0 Å². The molecule has 1 rings (SSSR count). The Kier molecular flexibility index (Phi) is 5.83. The van der Waals surface area contributed by atoms with Crippen molar-refractivity contribution in [2.75, 3.05) is 7.11 Å². The number of ether oxygens (including phenoxy) is 1. The highest BCUT2D eigenvalue weighted by atomic mass is 16.5. The molecule has 0 saturated heterocycles. The van der Waals surface area contributed by atoms with Crippen LogP contribution < -0.4 is 10.1 Å². The summed E-state index contributed by atoms with van der Waals surface area (Å²) in [6, 6.07) is 4.47. The molecule has 0 bridgehead atoms. The molecule has 0 aliphatic heterocycles. The Morgan fingerprint density at radius 1 is 1.26 bits per heavy atom. The number of aliphatic hydroxyl groups excluding tert-OH is 1. The highest BCUT2D eigenvalue weighted by molar-refractivity contribution is 5.45. The van der Waals surface area contributed by atoms with Gasteiger partial charge in [0.05, 0.1) is 13.2 Å². The van der Waals surface area contributed by atoms with Crippen LogP contribution >= 0.6 is 0 Å². The van der Waals surface area contributed by atoms with Gasteiger partial charge >= 0.3 is 0 Å². The van der Waals surface area contributed by atoms with E-state index in [2.05, 4.69) is 32.2 Å². The van der Waals surface area contributed by atoms with E-state index in [0.29, 0.717) is 6.04 Å². The minimum absolute atomic E-state index is 0.0371. The van der Waals surface area contributed by atoms with Gasteiger partial charge in [0.15, 0.2) is 0 Å². The minimum Gasteiger partial charge on any atom is -0.496 e. The van der Waals surface area contributed by atoms with Crippen LogP contribution in [0.2, 0.25) is 0 Å². The topological polar surface area (TPSA) is 41.5 Å². The SMILES string of the molecule is CCC(NC(C)C)C(O)c1cc(C)cc(C)c1OC. The first-order valence-corrected chi connectivity index (χ1v) is 6.99. The van der Waals surface area contributed by atoms with Crippen molar-refractivity contribution in [3.05, 3.63) is 28.8 Å². The van der Waals surface area contributed by atoms with Crippen molar-refractivity contribution in [3.8, 4) is 5.75 Å². The van der Waals surface area contributed by atoms with E-state index in [9.17, 15) is 5.11 Å². The summed E-state index contributed by atoms with van der Waals surface area (Å²) in [6.45, 7) is 10.3. The summed E-state index contributed by atoms with van der Waals surface area (Å²) < 4.78 is 5.46. The second-order valence-electron chi connectivity index (χ2n) is 5.49. The van der Waals surface area contributed by atoms with Gasteiger partial charge in [-0.15, -0.1) is 0 Å². The molecular weight excluding hydrogens is 238 g/mol. The second kappa shape index (κ2) is 6.92. The fourth-order valence-electron chi connectivity index (χ4n) is 2.56. The average Bonchev–Trinajstić information content (AvgIpc) is 2.34. The van der Waals surface area contributed by atoms with Gasteiger partial charge in [0.1, 0.15) is 5.75 Å². The van der Waals surface area contributed by atoms with Gasteiger partial charge in [0.25, 0.3) is 0 Å². The van der Waals surface area contributed by atoms with Crippen LogP contribution in [0.5, 0.6) is 5.75 Å². The molecule has 0 saturated carbocycles. The lowest BCUT2D eigenvalue weighted by atomic mass is 9.95. The largest absolute Gasteiger partial charge is 0.496 e. The molecule has 0 aromatic heterocycles. The van der Waals surface area contributed by atoms with E-state index in [-0.39, 0.29) is 6.04 Å². The molecule has 2 unspecified atom stereocenters. The van der Waals surface area contributed by atoms with E-state index in [1.165, 1.54) is 0 Å². The van der Waals surface area contributed by atoms with Crippen LogP contribution in [-0.4, -0.2) is 24.3 Å². The fraction of sp³-hybridized carbons (Fsp3) is 0.625. The van der Waals surface area contributed by atoms with Gasteiger partial charge in [0.2, 0.25) is 0 Å². The van der Waals surface area contributed by atoms with Crippen LogP contribution in [0.4, 0.5) is 0 Å². The lowest BCUT2D eigenvalue weighted by molar-refractivity contribution is 0.118. The molecule has 0 aliphatic carbocycles. The van der Waals surface area contributed by atoms with Gasteiger partial charge in [-0.3, -0.25) is 0 Å². The van der Waals surface area contributed by atoms with Gasteiger partial charge in [-0.2, -0.15) is 0 Å². The van der Waals surface area contributed by atoms with Crippen LogP contribution in [0.25, 0.3) is 0 Å². The molecule has 3 nitrogen and oxygen atoms in total. The Hall–Kier alpha value is -1.06. The standard InChI is InChI=1S/C16H27NO2/c1-7-14(17-10(2)3)15(18)13-9-11(4)8-12(5)16(13)19-6/h8-10,14-15,17-18H,7H2,1-6H3. The molecule has 3 heteroatoms. The molecule has 0 fully saturated rings. The van der Waals surface area contributed by atoms with Crippen molar-refractivity contribution < 1.29 is 9.84 Å². The van der Waals surface area contributed by atoms with Crippen molar-refractivity contribution in [1.29, 1.82) is 0 Å². The summed E-state index contributed by atoms with van der Waals surface area (Å²) in [4.78, 5) is 0. The third kappa shape index (κ3) is 3.95. The quantitative estimate of drug-likeness (QED) is 0.830. The zero-order chi connectivity index (χ0) is 14.6. The van der Waals surface area contributed by atoms with Gasteiger partial charge < -0.3 is 15.2 Å². The maximum atomic E-state index is 10.6. The third-order valence-corrected chi connectivity index (χ3v) is 3.34. The van der Waals surface area contributed by atoms with Crippen molar-refractivity contribution in [1.82, 2.24) is 5.32 Å². The predicted molar refractivity (Wildman–Crippen MR) is 79.8 cm³/mol. The molecule has 0 amide bonds. The number of methoxy groups -OCH3 is 1. The van der Waals surface area contributed by atoms with Crippen LogP contribution in [0.15, 0.2) is 12.1 Å². The summed E-state index contributed by atoms with van der Waals surface area (Å²) in [7, 11) is 1.66. The zero-order valence-electron chi connectivity index (χ0n) is 12.9. The Morgan fingerprint density at radius 2 is 1.89 bits per heavy atom. The molecule has 108 valence electrons. The molecule has 0 heterocycles. The van der Waals surface area contributed by atoms with E-state index in [4.69, 9.17) is 4.74 Å². The molecule has 0 spiro atoms. The van der Waals surface area contributed by atoms with Gasteiger partial charge in [-0.1, -0.05) is 32.4 Å². The molecule has 2 atom stereocenters. The average molecular weight is 265 g/mol. The highest BCUT2D eigenvalue weighted by Crippen LogP contribution is 2.32. The lowest BCUT2D eigenvalue weighted by Crippen LogP contribution is -2.39. The van der Waals surface area contributed by atoms with Crippen LogP contribution in [0.3, 0.4) is 0 Å². The van der Waals surface area contributed by atoms with Gasteiger partial charge in [-0.25, -0.2) is 0 Å². The summed E-state index contributed by atoms with van der Waals surface area (Å²) in [5.41, 5.74) is 3.09. The van der Waals surface area contributed by atoms with Crippen molar-refractivity contribution >= 4 is 0 Å². The van der Waals surface area contributed by atoms with Crippen molar-refractivity contribution in [2.45, 2.75) is 59.2 Å². The summed E-state index contributed by atoms with van der Waals surface area (Å²) in [5, 5.41) is 14.1. The smallest absolute Gasteiger partial charge is 0.127 e. The lowest BCUT2D eigenvalue weighted by Gasteiger charge is -2.27. The number of nitrogens with one attached hydrogen (secondary N) is 1. The number of benzene rings is 1. The minimum atomic E-state index is -0.555. The molecule has 0 radical (unpaired) electrons. The van der Waals surface area contributed by atoms with Gasteiger partial charge in [0, 0.05) is 17.6 Å². The monoisotopic (exact) mass is 265 g/mol. The maximum absolute atomic E-state index is 10.6. The van der Waals surface area contributed by atoms with E-state index in [0.717, 1.165) is 28.9 Å². The number of hydrogen-bond donors (Lipinski definition) is 2. The maximum Gasteiger partial charge on any atom is 0.127 e. The number of aliphatic hydroxyl groups is 1. The van der Waals surface area contributed by atoms with Crippen LogP contribution in [0.1, 0.15) is 50.0 Å². The van der Waals surface area contributed by atoms with Gasteiger partial charge in [-0.05, 0) is 31.9 Å². The molecule has 1 aromatic carbocycles. The van der Waals surface area contributed by atoms with Crippen LogP contribution in [0, 0.1) is 13.8 Å². The zero-order valence-corrected chi connectivity index (χ0v) is 12.9. The third-order valence-electron chi connectivity index (χ3n) is 3.34. The Labute approximate surface area is 117 Å². The summed E-state index contributed by atoms with van der Waals surface area (Å²) in [5.74, 6) is 0.794. The predicted octanol–water partition coefficient (Wildman–Crippen LogP) is 3.12. The first kappa shape index (κ1) is 16.0. The fourth-order valence-corrected chi connectivity index (χ4v) is 2.56. The molecule has 19 heavy (non-hydrogen) atoms. The van der Waals surface area contributed by atoms with E-state index in [1.54, 1.807) is 7.11 Å². The van der Waals surface area contributed by atoms with E-state index in [1.807, 2.05) is 19.9 Å². The van der Waals surface area contributed by atoms with Crippen molar-refractivity contribution in [3.63, 3.8) is 0 Å². The number of aryl methyl sites for hydroxylation is 2. The molecule has 2 N–H and O–H groups in total. The van der Waals surface area contributed by atoms with Crippen molar-refractivity contribution in [2.24, 2.45) is 0 Å². The Morgan fingerprint density at radius 3 is 2.37 bits per heavy atom. The summed E-state index contributed by atoms with van der Waals surface area (Å²) >= 11 is 0. The summed E-state index contributed by atoms with van der Waals surface area (Å²) in [6.07, 6.45) is 0.316. The van der Waals surface area contributed by atoms with E-state index < -0.39 is 6.10 Å². The number of rotatable bonds is 6. The Balaban J connectivity index is 3.12. The molecule has 0 aliphatic rings. The first-order chi connectivity index (χ1) is 8.90. The first-order valence-electron chi connectivity index (χ1n) is 6.99. The molecular formula is C16H27NO2. The Bertz CT molecular complexity index is 415. The normalized spacial score (nSPS) is 14.5. The van der Waals surface area contributed by atoms with E-state index >= 15 is 0 Å².